The van der Waals surface area contributed by atoms with Crippen LogP contribution in [-0.2, 0) is 16.0 Å². The van der Waals surface area contributed by atoms with Crippen molar-refractivity contribution in [1.82, 2.24) is 5.43 Å². The van der Waals surface area contributed by atoms with Crippen LogP contribution in [0, 0.1) is 18.3 Å². The van der Waals surface area contributed by atoms with Crippen molar-refractivity contribution < 1.29 is 9.59 Å². The monoisotopic (exact) mass is 320 g/mol. The number of hydrogen-bond acceptors (Lipinski definition) is 4. The van der Waals surface area contributed by atoms with Gasteiger partial charge in [-0.15, -0.1) is 0 Å². The standard InChI is InChI=1S/C18H16N4O2/c1-13-2-4-15(5-3-13)12-20-22-18(24)17(23)21-16-8-6-14(7-9-16)10-11-19/h2-9,12H,10H2,1H3,(H,21,23)(H,22,24). The maximum absolute atomic E-state index is 11.8. The van der Waals surface area contributed by atoms with Crippen LogP contribution < -0.4 is 10.7 Å². The van der Waals surface area contributed by atoms with E-state index >= 15 is 0 Å². The van der Waals surface area contributed by atoms with Crippen LogP contribution in [-0.4, -0.2) is 18.0 Å². The molecule has 0 aliphatic carbocycles. The number of carbonyl (C=O) groups excluding carboxylic acids is 2. The average molecular weight is 320 g/mol. The van der Waals surface area contributed by atoms with Crippen LogP contribution in [0.15, 0.2) is 53.6 Å². The van der Waals surface area contributed by atoms with Crippen molar-refractivity contribution in [3.05, 3.63) is 65.2 Å². The van der Waals surface area contributed by atoms with Crippen LogP contribution in [0.5, 0.6) is 0 Å². The molecule has 2 aromatic carbocycles. The van der Waals surface area contributed by atoms with Crippen molar-refractivity contribution in [1.29, 1.82) is 5.26 Å². The normalized spacial score (nSPS) is 10.2. The first-order chi connectivity index (χ1) is 11.6. The van der Waals surface area contributed by atoms with Crippen molar-refractivity contribution in [2.24, 2.45) is 5.10 Å². The van der Waals surface area contributed by atoms with E-state index in [0.717, 1.165) is 16.7 Å². The summed E-state index contributed by atoms with van der Waals surface area (Å²) in [4.78, 5) is 23.4. The number of benzene rings is 2. The van der Waals surface area contributed by atoms with E-state index in [1.165, 1.54) is 6.21 Å². The molecule has 0 aliphatic rings. The van der Waals surface area contributed by atoms with Gasteiger partial charge in [0, 0.05) is 5.69 Å². The van der Waals surface area contributed by atoms with Gasteiger partial charge in [-0.05, 0) is 30.2 Å². The number of carbonyl (C=O) groups is 2. The van der Waals surface area contributed by atoms with Gasteiger partial charge in [-0.1, -0.05) is 42.0 Å². The maximum Gasteiger partial charge on any atom is 0.329 e. The van der Waals surface area contributed by atoms with Gasteiger partial charge in [-0.2, -0.15) is 10.4 Å². The zero-order chi connectivity index (χ0) is 17.4. The fourth-order valence-corrected chi connectivity index (χ4v) is 1.85. The fourth-order valence-electron chi connectivity index (χ4n) is 1.85. The third-order valence-corrected chi connectivity index (χ3v) is 3.16. The maximum atomic E-state index is 11.8. The molecule has 2 rings (SSSR count). The summed E-state index contributed by atoms with van der Waals surface area (Å²) in [6, 6.07) is 16.3. The molecule has 0 atom stereocenters. The number of hydrogen-bond donors (Lipinski definition) is 2. The molecule has 0 heterocycles. The number of nitrogens with zero attached hydrogens (tertiary/aromatic N) is 2. The van der Waals surface area contributed by atoms with Gasteiger partial charge < -0.3 is 5.32 Å². The average Bonchev–Trinajstić information content (AvgIpc) is 2.58. The van der Waals surface area contributed by atoms with Crippen LogP contribution in [0.4, 0.5) is 5.69 Å². The number of amides is 2. The molecule has 0 unspecified atom stereocenters. The van der Waals surface area contributed by atoms with Crippen molar-refractivity contribution in [2.75, 3.05) is 5.32 Å². The predicted molar refractivity (Wildman–Crippen MR) is 91.3 cm³/mol. The third-order valence-electron chi connectivity index (χ3n) is 3.16. The highest BCUT2D eigenvalue weighted by atomic mass is 16.2. The predicted octanol–water partition coefficient (Wildman–Crippen LogP) is 2.15. The van der Waals surface area contributed by atoms with Gasteiger partial charge in [0.05, 0.1) is 18.7 Å². The Morgan fingerprint density at radius 2 is 1.75 bits per heavy atom. The van der Waals surface area contributed by atoms with Crippen molar-refractivity contribution in [3.8, 4) is 6.07 Å². The number of anilines is 1. The van der Waals surface area contributed by atoms with E-state index in [2.05, 4.69) is 15.8 Å². The third kappa shape index (κ3) is 5.07. The van der Waals surface area contributed by atoms with Gasteiger partial charge in [0.1, 0.15) is 0 Å². The number of nitrogens with one attached hydrogen (secondary N) is 2. The molecule has 6 nitrogen and oxygen atoms in total. The van der Waals surface area contributed by atoms with E-state index in [-0.39, 0.29) is 0 Å². The second-order valence-corrected chi connectivity index (χ2v) is 5.10. The Balaban J connectivity index is 1.86. The Labute approximate surface area is 139 Å². The Kier molecular flexibility index (Phi) is 5.81. The largest absolute Gasteiger partial charge is 0.329 e. The van der Waals surface area contributed by atoms with Gasteiger partial charge in [0.2, 0.25) is 0 Å². The molecule has 0 aromatic heterocycles. The summed E-state index contributed by atoms with van der Waals surface area (Å²) in [5, 5.41) is 14.8. The summed E-state index contributed by atoms with van der Waals surface area (Å²) in [6.45, 7) is 1.97. The summed E-state index contributed by atoms with van der Waals surface area (Å²) < 4.78 is 0. The molecule has 2 N–H and O–H groups in total. The van der Waals surface area contributed by atoms with Gasteiger partial charge >= 0.3 is 11.8 Å². The molecule has 120 valence electrons. The fraction of sp³-hybridized carbons (Fsp3) is 0.111. The first-order valence-electron chi connectivity index (χ1n) is 7.25. The minimum atomic E-state index is -0.862. The Hall–Kier alpha value is -3.46. The molecule has 0 radical (unpaired) electrons. The minimum absolute atomic E-state index is 0.294. The highest BCUT2D eigenvalue weighted by Crippen LogP contribution is 2.09. The molecule has 0 fully saturated rings. The summed E-state index contributed by atoms with van der Waals surface area (Å²) in [7, 11) is 0. The highest BCUT2D eigenvalue weighted by molar-refractivity contribution is 6.39. The van der Waals surface area contributed by atoms with Gasteiger partial charge in [0.25, 0.3) is 0 Å². The molecule has 24 heavy (non-hydrogen) atoms. The van der Waals surface area contributed by atoms with E-state index in [1.807, 2.05) is 37.3 Å². The van der Waals surface area contributed by atoms with Crippen LogP contribution in [0.25, 0.3) is 0 Å². The van der Waals surface area contributed by atoms with Crippen molar-refractivity contribution in [2.45, 2.75) is 13.3 Å². The lowest BCUT2D eigenvalue weighted by atomic mass is 10.1. The van der Waals surface area contributed by atoms with Gasteiger partial charge in [-0.25, -0.2) is 5.43 Å². The zero-order valence-electron chi connectivity index (χ0n) is 13.1. The topological polar surface area (TPSA) is 94.3 Å². The lowest BCUT2D eigenvalue weighted by Gasteiger charge is -2.04. The molecular weight excluding hydrogens is 304 g/mol. The van der Waals surface area contributed by atoms with Crippen LogP contribution in [0.2, 0.25) is 0 Å². The minimum Gasteiger partial charge on any atom is -0.318 e. The quantitative estimate of drug-likeness (QED) is 0.513. The van der Waals surface area contributed by atoms with E-state index in [4.69, 9.17) is 5.26 Å². The van der Waals surface area contributed by atoms with E-state index in [9.17, 15) is 9.59 Å². The molecule has 0 saturated carbocycles. The number of nitriles is 1. The van der Waals surface area contributed by atoms with Crippen LogP contribution in [0.3, 0.4) is 0 Å². The lowest BCUT2D eigenvalue weighted by molar-refractivity contribution is -0.136. The van der Waals surface area contributed by atoms with Gasteiger partial charge in [-0.3, -0.25) is 9.59 Å². The highest BCUT2D eigenvalue weighted by Gasteiger charge is 2.12. The molecule has 0 bridgehead atoms. The van der Waals surface area contributed by atoms with Gasteiger partial charge in [0.15, 0.2) is 0 Å². The van der Waals surface area contributed by atoms with E-state index < -0.39 is 11.8 Å². The zero-order valence-corrected chi connectivity index (χ0v) is 13.1. The van der Waals surface area contributed by atoms with Crippen LogP contribution in [0.1, 0.15) is 16.7 Å². The molecule has 2 amide bonds. The number of aryl methyl sites for hydroxylation is 1. The number of hydrazone groups is 1. The Morgan fingerprint density at radius 1 is 1.08 bits per heavy atom. The molecule has 0 aliphatic heterocycles. The van der Waals surface area contributed by atoms with Crippen molar-refractivity contribution in [3.63, 3.8) is 0 Å². The number of rotatable bonds is 4. The van der Waals surface area contributed by atoms with Crippen molar-refractivity contribution >= 4 is 23.7 Å². The summed E-state index contributed by atoms with van der Waals surface area (Å²) >= 11 is 0. The summed E-state index contributed by atoms with van der Waals surface area (Å²) in [6.07, 6.45) is 1.75. The van der Waals surface area contributed by atoms with E-state index in [0.29, 0.717) is 12.1 Å². The van der Waals surface area contributed by atoms with E-state index in [1.54, 1.807) is 24.3 Å². The first kappa shape index (κ1) is 16.9. The lowest BCUT2D eigenvalue weighted by Crippen LogP contribution is -2.32. The Bertz CT molecular complexity index is 787. The second kappa shape index (κ2) is 8.25. The van der Waals surface area contributed by atoms with Crippen LogP contribution >= 0.6 is 0 Å². The molecule has 2 aromatic rings. The first-order valence-corrected chi connectivity index (χ1v) is 7.25. The smallest absolute Gasteiger partial charge is 0.318 e. The molecule has 0 spiro atoms. The SMILES string of the molecule is Cc1ccc(C=NNC(=O)C(=O)Nc2ccc(CC#N)cc2)cc1. The Morgan fingerprint density at radius 3 is 2.38 bits per heavy atom. The second-order valence-electron chi connectivity index (χ2n) is 5.10. The summed E-state index contributed by atoms with van der Waals surface area (Å²) in [5.41, 5.74) is 5.42. The molecule has 6 heteroatoms. The summed E-state index contributed by atoms with van der Waals surface area (Å²) in [5.74, 6) is -1.68. The molecular formula is C18H16N4O2. The molecule has 0 saturated heterocycles.